The molecule has 0 saturated carbocycles. The zero-order chi connectivity index (χ0) is 13.4. The molecule has 0 aliphatic heterocycles. The Morgan fingerprint density at radius 2 is 2.06 bits per heavy atom. The summed E-state index contributed by atoms with van der Waals surface area (Å²) in [4.78, 5) is 4.23. The number of aryl methyl sites for hydroxylation is 1. The van der Waals surface area contributed by atoms with Gasteiger partial charge in [-0.3, -0.25) is 0 Å². The third kappa shape index (κ3) is 5.67. The average molecular weight is 251 g/mol. The maximum atomic E-state index is 4.23. The van der Waals surface area contributed by atoms with Gasteiger partial charge in [0, 0.05) is 25.3 Å². The first kappa shape index (κ1) is 15.2. The minimum atomic E-state index is 0.591. The van der Waals surface area contributed by atoms with E-state index in [2.05, 4.69) is 42.6 Å². The van der Waals surface area contributed by atoms with Crippen molar-refractivity contribution >= 4 is 0 Å². The molecule has 1 N–H and O–H groups in total. The minimum absolute atomic E-state index is 0.591. The molecule has 0 saturated heterocycles. The van der Waals surface area contributed by atoms with Crippen LogP contribution in [0, 0.1) is 5.92 Å². The Morgan fingerprint density at radius 1 is 1.28 bits per heavy atom. The summed E-state index contributed by atoms with van der Waals surface area (Å²) in [7, 11) is 0. The fraction of sp³-hybridized carbons (Fsp3) is 0.800. The smallest absolute Gasteiger partial charge is 0.0948 e. The van der Waals surface area contributed by atoms with E-state index in [0.717, 1.165) is 25.4 Å². The van der Waals surface area contributed by atoms with Crippen molar-refractivity contribution in [3.63, 3.8) is 0 Å². The predicted octanol–water partition coefficient (Wildman–Crippen LogP) is 3.60. The number of imidazole rings is 1. The van der Waals surface area contributed by atoms with Crippen molar-refractivity contribution in [3.8, 4) is 0 Å². The van der Waals surface area contributed by atoms with Crippen LogP contribution in [0.25, 0.3) is 0 Å². The van der Waals surface area contributed by atoms with Crippen LogP contribution in [0.15, 0.2) is 12.5 Å². The van der Waals surface area contributed by atoms with Gasteiger partial charge >= 0.3 is 0 Å². The van der Waals surface area contributed by atoms with Gasteiger partial charge in [0.1, 0.15) is 0 Å². The van der Waals surface area contributed by atoms with Crippen LogP contribution in [0.5, 0.6) is 0 Å². The van der Waals surface area contributed by atoms with E-state index in [0.29, 0.717) is 6.04 Å². The van der Waals surface area contributed by atoms with E-state index in [1.54, 1.807) is 0 Å². The van der Waals surface area contributed by atoms with Crippen LogP contribution < -0.4 is 5.32 Å². The van der Waals surface area contributed by atoms with Gasteiger partial charge in [0.15, 0.2) is 0 Å². The molecule has 0 aliphatic carbocycles. The molecule has 0 radical (unpaired) electrons. The number of hydrogen-bond donors (Lipinski definition) is 1. The molecule has 3 nitrogen and oxygen atoms in total. The summed E-state index contributed by atoms with van der Waals surface area (Å²) in [5, 5.41) is 3.60. The Morgan fingerprint density at radius 3 is 2.72 bits per heavy atom. The third-order valence-electron chi connectivity index (χ3n) is 3.31. The van der Waals surface area contributed by atoms with Gasteiger partial charge in [-0.25, -0.2) is 4.98 Å². The first-order valence-corrected chi connectivity index (χ1v) is 7.35. The van der Waals surface area contributed by atoms with Crippen molar-refractivity contribution in [2.24, 2.45) is 5.92 Å². The number of hydrogen-bond acceptors (Lipinski definition) is 2. The van der Waals surface area contributed by atoms with E-state index in [9.17, 15) is 0 Å². The number of nitrogens with zero attached hydrogens (tertiary/aromatic N) is 2. The van der Waals surface area contributed by atoms with Crippen LogP contribution in [-0.2, 0) is 13.1 Å². The Labute approximate surface area is 112 Å². The van der Waals surface area contributed by atoms with E-state index < -0.39 is 0 Å². The topological polar surface area (TPSA) is 29.9 Å². The summed E-state index contributed by atoms with van der Waals surface area (Å²) in [5.74, 6) is 0.822. The molecule has 3 heteroatoms. The van der Waals surface area contributed by atoms with Crippen LogP contribution in [0.4, 0.5) is 0 Å². The van der Waals surface area contributed by atoms with E-state index in [4.69, 9.17) is 0 Å². The first-order valence-electron chi connectivity index (χ1n) is 7.35. The molecular weight excluding hydrogens is 222 g/mol. The lowest BCUT2D eigenvalue weighted by Crippen LogP contribution is -2.26. The van der Waals surface area contributed by atoms with Crippen molar-refractivity contribution < 1.29 is 0 Å². The summed E-state index contributed by atoms with van der Waals surface area (Å²) in [5.41, 5.74) is 1.30. The van der Waals surface area contributed by atoms with Gasteiger partial charge in [-0.05, 0) is 25.7 Å². The van der Waals surface area contributed by atoms with Crippen molar-refractivity contribution in [3.05, 3.63) is 18.2 Å². The highest BCUT2D eigenvalue weighted by molar-refractivity contribution is 4.98. The number of rotatable bonds is 9. The van der Waals surface area contributed by atoms with Gasteiger partial charge in [0.25, 0.3) is 0 Å². The van der Waals surface area contributed by atoms with Crippen LogP contribution in [-0.4, -0.2) is 15.6 Å². The lowest BCUT2D eigenvalue weighted by Gasteiger charge is -2.15. The average Bonchev–Trinajstić information content (AvgIpc) is 2.74. The largest absolute Gasteiger partial charge is 0.333 e. The summed E-state index contributed by atoms with van der Waals surface area (Å²) < 4.78 is 2.24. The molecule has 1 aromatic heterocycles. The number of aromatic nitrogens is 2. The molecule has 1 atom stereocenters. The lowest BCUT2D eigenvalue weighted by molar-refractivity contribution is 0.450. The quantitative estimate of drug-likeness (QED) is 0.727. The van der Waals surface area contributed by atoms with Gasteiger partial charge in [-0.1, -0.05) is 33.6 Å². The van der Waals surface area contributed by atoms with E-state index >= 15 is 0 Å². The minimum Gasteiger partial charge on any atom is -0.333 e. The van der Waals surface area contributed by atoms with E-state index in [1.807, 2.05) is 12.5 Å². The fourth-order valence-corrected chi connectivity index (χ4v) is 2.15. The fourth-order valence-electron chi connectivity index (χ4n) is 2.15. The third-order valence-corrected chi connectivity index (χ3v) is 3.31. The highest BCUT2D eigenvalue weighted by atomic mass is 15.1. The normalized spacial score (nSPS) is 13.2. The van der Waals surface area contributed by atoms with Crippen molar-refractivity contribution in [2.45, 2.75) is 72.5 Å². The standard InChI is InChI=1S/C15H29N3/c1-5-9-18-12-16-10-15(18)11-17-14(4)8-6-7-13(2)3/h10,12-14,17H,5-9,11H2,1-4H3. The summed E-state index contributed by atoms with van der Waals surface area (Å²) in [6.07, 6.45) is 8.99. The van der Waals surface area contributed by atoms with E-state index in [1.165, 1.54) is 25.0 Å². The van der Waals surface area contributed by atoms with Gasteiger partial charge in [-0.15, -0.1) is 0 Å². The SMILES string of the molecule is CCCn1cncc1CNC(C)CCCC(C)C. The molecule has 1 aromatic rings. The van der Waals surface area contributed by atoms with Gasteiger partial charge < -0.3 is 9.88 Å². The summed E-state index contributed by atoms with van der Waals surface area (Å²) in [6.45, 7) is 11.1. The van der Waals surface area contributed by atoms with Crippen LogP contribution in [0.1, 0.15) is 59.1 Å². The van der Waals surface area contributed by atoms with Crippen LogP contribution in [0.3, 0.4) is 0 Å². The molecule has 18 heavy (non-hydrogen) atoms. The molecule has 0 fully saturated rings. The molecule has 0 bridgehead atoms. The van der Waals surface area contributed by atoms with Crippen LogP contribution in [0.2, 0.25) is 0 Å². The highest BCUT2D eigenvalue weighted by Gasteiger charge is 2.05. The Kier molecular flexibility index (Phi) is 7.02. The monoisotopic (exact) mass is 251 g/mol. The Bertz CT molecular complexity index is 317. The molecule has 1 heterocycles. The summed E-state index contributed by atoms with van der Waals surface area (Å²) in [6, 6.07) is 0.591. The van der Waals surface area contributed by atoms with Gasteiger partial charge in [0.05, 0.1) is 12.0 Å². The van der Waals surface area contributed by atoms with Crippen LogP contribution >= 0.6 is 0 Å². The van der Waals surface area contributed by atoms with Gasteiger partial charge in [0.2, 0.25) is 0 Å². The molecule has 104 valence electrons. The lowest BCUT2D eigenvalue weighted by atomic mass is 10.0. The molecule has 0 aliphatic rings. The predicted molar refractivity (Wildman–Crippen MR) is 77.5 cm³/mol. The van der Waals surface area contributed by atoms with E-state index in [-0.39, 0.29) is 0 Å². The summed E-state index contributed by atoms with van der Waals surface area (Å²) >= 11 is 0. The first-order chi connectivity index (χ1) is 8.63. The maximum Gasteiger partial charge on any atom is 0.0948 e. The maximum absolute atomic E-state index is 4.23. The highest BCUT2D eigenvalue weighted by Crippen LogP contribution is 2.09. The van der Waals surface area contributed by atoms with Crippen molar-refractivity contribution in [1.82, 2.24) is 14.9 Å². The molecule has 0 spiro atoms. The Balaban J connectivity index is 2.24. The zero-order valence-corrected chi connectivity index (χ0v) is 12.4. The molecule has 1 rings (SSSR count). The van der Waals surface area contributed by atoms with Crippen molar-refractivity contribution in [1.29, 1.82) is 0 Å². The Hall–Kier alpha value is -0.830. The second-order valence-corrected chi connectivity index (χ2v) is 5.69. The molecule has 1 unspecified atom stereocenters. The van der Waals surface area contributed by atoms with Crippen molar-refractivity contribution in [2.75, 3.05) is 0 Å². The zero-order valence-electron chi connectivity index (χ0n) is 12.4. The molecular formula is C15H29N3. The van der Waals surface area contributed by atoms with Gasteiger partial charge in [-0.2, -0.15) is 0 Å². The second-order valence-electron chi connectivity index (χ2n) is 5.69. The second kappa shape index (κ2) is 8.30. The molecule has 0 amide bonds. The molecule has 0 aromatic carbocycles. The number of nitrogens with one attached hydrogen (secondary N) is 1.